The summed E-state index contributed by atoms with van der Waals surface area (Å²) >= 11 is 6.68. The van der Waals surface area contributed by atoms with Gasteiger partial charge in [0, 0.05) is 59.8 Å². The summed E-state index contributed by atoms with van der Waals surface area (Å²) in [6.45, 7) is 3.06. The van der Waals surface area contributed by atoms with Crippen molar-refractivity contribution >= 4 is 55.6 Å². The van der Waals surface area contributed by atoms with Gasteiger partial charge < -0.3 is 9.88 Å². The number of aromatic nitrogens is 5. The topological polar surface area (TPSA) is 62.1 Å². The van der Waals surface area contributed by atoms with Gasteiger partial charge in [0.2, 0.25) is 5.95 Å². The van der Waals surface area contributed by atoms with Gasteiger partial charge >= 0.3 is 6.18 Å². The lowest BCUT2D eigenvalue weighted by Gasteiger charge is -2.26. The van der Waals surface area contributed by atoms with E-state index in [1.165, 1.54) is 0 Å². The Labute approximate surface area is 207 Å². The molecule has 1 N–H and O–H groups in total. The van der Waals surface area contributed by atoms with Crippen molar-refractivity contribution in [2.24, 2.45) is 0 Å². The Morgan fingerprint density at radius 1 is 1.03 bits per heavy atom. The molecule has 0 amide bonds. The number of para-hydroxylation sites is 1. The first-order chi connectivity index (χ1) is 17.3. The molecule has 0 saturated heterocycles. The molecule has 4 aromatic heterocycles. The van der Waals surface area contributed by atoms with Gasteiger partial charge in [-0.05, 0) is 30.0 Å². The molecule has 0 saturated carbocycles. The lowest BCUT2D eigenvalue weighted by atomic mass is 9.97. The van der Waals surface area contributed by atoms with Crippen molar-refractivity contribution in [2.45, 2.75) is 26.1 Å². The highest BCUT2D eigenvalue weighted by molar-refractivity contribution is 6.39. The number of rotatable bonds is 1. The fourth-order valence-electron chi connectivity index (χ4n) is 5.41. The number of aromatic amines is 1. The summed E-state index contributed by atoms with van der Waals surface area (Å²) in [5, 5.41) is 9.81. The van der Waals surface area contributed by atoms with Crippen molar-refractivity contribution in [2.75, 3.05) is 11.4 Å². The number of benzene rings is 2. The number of fused-ring (bicyclic) bond motifs is 10. The molecule has 0 unspecified atom stereocenters. The van der Waals surface area contributed by atoms with E-state index < -0.39 is 11.7 Å². The zero-order valence-electron chi connectivity index (χ0n) is 19.0. The van der Waals surface area contributed by atoms with E-state index in [2.05, 4.69) is 34.0 Å². The van der Waals surface area contributed by atoms with Gasteiger partial charge in [-0.1, -0.05) is 29.8 Å². The molecule has 6 aromatic rings. The van der Waals surface area contributed by atoms with Gasteiger partial charge in [0.1, 0.15) is 0 Å². The van der Waals surface area contributed by atoms with Gasteiger partial charge in [-0.3, -0.25) is 0 Å². The van der Waals surface area contributed by atoms with Crippen LogP contribution in [-0.2, 0) is 19.1 Å². The first-order valence-electron chi connectivity index (χ1n) is 11.5. The van der Waals surface area contributed by atoms with Crippen molar-refractivity contribution in [3.8, 4) is 0 Å². The first-order valence-corrected chi connectivity index (χ1v) is 11.8. The van der Waals surface area contributed by atoms with E-state index in [9.17, 15) is 13.2 Å². The summed E-state index contributed by atoms with van der Waals surface area (Å²) in [5.41, 5.74) is 5.05. The number of anilines is 1. The normalized spacial score (nSPS) is 14.4. The number of hydrogen-bond donors (Lipinski definition) is 1. The molecular weight excluding hydrogens is 489 g/mol. The second-order valence-electron chi connectivity index (χ2n) is 9.15. The van der Waals surface area contributed by atoms with Crippen LogP contribution in [0.2, 0.25) is 5.02 Å². The molecule has 0 fully saturated rings. The van der Waals surface area contributed by atoms with Crippen LogP contribution in [0.3, 0.4) is 0 Å². The predicted octanol–water partition coefficient (Wildman–Crippen LogP) is 6.46. The van der Waals surface area contributed by atoms with E-state index >= 15 is 0 Å². The average molecular weight is 507 g/mol. The fraction of sp³-hybridized carbons (Fsp3) is 0.192. The molecule has 10 heteroatoms. The van der Waals surface area contributed by atoms with Gasteiger partial charge in [0.05, 0.1) is 32.8 Å². The van der Waals surface area contributed by atoms with Crippen LogP contribution in [0.25, 0.3) is 38.1 Å². The van der Waals surface area contributed by atoms with E-state index in [0.717, 1.165) is 67.3 Å². The van der Waals surface area contributed by atoms with Crippen LogP contribution in [0.4, 0.5) is 19.1 Å². The van der Waals surface area contributed by atoms with Gasteiger partial charge in [-0.2, -0.15) is 18.3 Å². The molecule has 7 rings (SSSR count). The van der Waals surface area contributed by atoms with Crippen molar-refractivity contribution in [3.05, 3.63) is 76.3 Å². The van der Waals surface area contributed by atoms with Gasteiger partial charge in [0.15, 0.2) is 0 Å². The van der Waals surface area contributed by atoms with Crippen molar-refractivity contribution in [1.29, 1.82) is 0 Å². The smallest absolute Gasteiger partial charge is 0.360 e. The molecule has 0 radical (unpaired) electrons. The predicted molar refractivity (Wildman–Crippen MR) is 134 cm³/mol. The Morgan fingerprint density at radius 2 is 1.83 bits per heavy atom. The molecule has 5 heterocycles. The second kappa shape index (κ2) is 7.33. The number of aryl methyl sites for hydroxylation is 1. The van der Waals surface area contributed by atoms with E-state index in [1.807, 2.05) is 33.8 Å². The Kier molecular flexibility index (Phi) is 4.36. The summed E-state index contributed by atoms with van der Waals surface area (Å²) in [5.74, 6) is 0.268. The molecule has 2 aromatic carbocycles. The van der Waals surface area contributed by atoms with Gasteiger partial charge in [-0.25, -0.2) is 14.5 Å². The summed E-state index contributed by atoms with van der Waals surface area (Å²) < 4.78 is 41.1. The minimum atomic E-state index is -4.48. The number of alkyl halides is 3. The average Bonchev–Trinajstić information content (AvgIpc) is 3.49. The first kappa shape index (κ1) is 21.4. The lowest BCUT2D eigenvalue weighted by molar-refractivity contribution is -0.138. The van der Waals surface area contributed by atoms with Crippen LogP contribution in [0, 0.1) is 6.92 Å². The molecule has 180 valence electrons. The van der Waals surface area contributed by atoms with Gasteiger partial charge in [-0.15, -0.1) is 0 Å². The van der Waals surface area contributed by atoms with Crippen LogP contribution in [-0.4, -0.2) is 31.1 Å². The summed E-state index contributed by atoms with van der Waals surface area (Å²) in [6, 6.07) is 10.2. The highest BCUT2D eigenvalue weighted by atomic mass is 35.5. The largest absolute Gasteiger partial charge is 0.419 e. The third-order valence-corrected chi connectivity index (χ3v) is 7.35. The number of halogens is 4. The number of hydrogen-bond acceptors (Lipinski definition) is 4. The van der Waals surface area contributed by atoms with Crippen molar-refractivity contribution < 1.29 is 13.2 Å². The maximum Gasteiger partial charge on any atom is 0.419 e. The third kappa shape index (κ3) is 2.95. The van der Waals surface area contributed by atoms with E-state index in [-0.39, 0.29) is 5.95 Å². The zero-order chi connectivity index (χ0) is 24.8. The fourth-order valence-corrected chi connectivity index (χ4v) is 5.68. The molecule has 6 nitrogen and oxygen atoms in total. The van der Waals surface area contributed by atoms with Gasteiger partial charge in [0.25, 0.3) is 0 Å². The maximum atomic E-state index is 13.0. The molecule has 0 spiro atoms. The van der Waals surface area contributed by atoms with Crippen LogP contribution >= 0.6 is 11.6 Å². The van der Waals surface area contributed by atoms with Crippen LogP contribution < -0.4 is 4.90 Å². The lowest BCUT2D eigenvalue weighted by Crippen LogP contribution is -2.31. The molecule has 1 aliphatic rings. The summed E-state index contributed by atoms with van der Waals surface area (Å²) in [4.78, 5) is 13.2. The standard InChI is InChI=1S/C26H18ClF3N6/c1-13-3-2-4-15-17-9-19(27)22-16(5-7-31-22)21(17)24-18-12-35(8-6-20(18)34-36(24)23(13)15)25-32-10-14(11-33-25)26(28,29)30/h2-5,7,9-11,31H,6,8,12H2,1H3. The molecule has 0 bridgehead atoms. The van der Waals surface area contributed by atoms with Crippen molar-refractivity contribution in [1.82, 2.24) is 24.6 Å². The number of nitrogens with zero attached hydrogens (tertiary/aromatic N) is 5. The highest BCUT2D eigenvalue weighted by Crippen LogP contribution is 2.41. The molecule has 1 aliphatic heterocycles. The second-order valence-corrected chi connectivity index (χ2v) is 9.55. The maximum absolute atomic E-state index is 13.0. The quantitative estimate of drug-likeness (QED) is 0.260. The minimum Gasteiger partial charge on any atom is -0.360 e. The minimum absolute atomic E-state index is 0.268. The number of H-pyrrole nitrogens is 1. The van der Waals surface area contributed by atoms with Crippen molar-refractivity contribution in [3.63, 3.8) is 0 Å². The Balaban J connectivity index is 1.50. The van der Waals surface area contributed by atoms with Crippen LogP contribution in [0.1, 0.15) is 22.4 Å². The van der Waals surface area contributed by atoms with Crippen LogP contribution in [0.15, 0.2) is 48.9 Å². The zero-order valence-corrected chi connectivity index (χ0v) is 19.7. The Morgan fingerprint density at radius 3 is 2.61 bits per heavy atom. The SMILES string of the molecule is Cc1cccc2c3cc(Cl)c4[nH]ccc4c3c3c4c(nn3c12)CCN(c1ncc(C(F)(F)F)cn1)C4. The van der Waals surface area contributed by atoms with Crippen LogP contribution in [0.5, 0.6) is 0 Å². The number of pyridine rings is 1. The molecule has 0 aliphatic carbocycles. The monoisotopic (exact) mass is 506 g/mol. The molecular formula is C26H18ClF3N6. The Bertz CT molecular complexity index is 1840. The van der Waals surface area contributed by atoms with E-state index in [4.69, 9.17) is 16.7 Å². The Hall–Kier alpha value is -3.85. The molecule has 36 heavy (non-hydrogen) atoms. The van der Waals surface area contributed by atoms with E-state index in [1.54, 1.807) is 0 Å². The molecule has 0 atom stereocenters. The third-order valence-electron chi connectivity index (χ3n) is 7.05. The van der Waals surface area contributed by atoms with E-state index in [0.29, 0.717) is 24.5 Å². The number of nitrogens with one attached hydrogen (secondary N) is 1. The highest BCUT2D eigenvalue weighted by Gasteiger charge is 2.32. The summed E-state index contributed by atoms with van der Waals surface area (Å²) in [7, 11) is 0. The summed E-state index contributed by atoms with van der Waals surface area (Å²) in [6.07, 6.45) is -0.299.